The summed E-state index contributed by atoms with van der Waals surface area (Å²) in [5.74, 6) is 0. The topological polar surface area (TPSA) is 26.0 Å². The van der Waals surface area contributed by atoms with Gasteiger partial charge in [0, 0.05) is 15.5 Å². The zero-order valence-corrected chi connectivity index (χ0v) is 13.1. The molecule has 2 N–H and O–H groups in total. The van der Waals surface area contributed by atoms with Crippen LogP contribution in [0.4, 0.5) is 0 Å². The lowest BCUT2D eigenvalue weighted by molar-refractivity contribution is 0.353. The van der Waals surface area contributed by atoms with E-state index in [9.17, 15) is 0 Å². The van der Waals surface area contributed by atoms with Gasteiger partial charge in [-0.1, -0.05) is 60.8 Å². The monoisotopic (exact) mass is 317 g/mol. The molecule has 0 aromatic heterocycles. The predicted molar refractivity (Wildman–Crippen MR) is 79.4 cm³/mol. The van der Waals surface area contributed by atoms with Crippen molar-refractivity contribution in [1.29, 1.82) is 0 Å². The van der Waals surface area contributed by atoms with Crippen LogP contribution in [-0.4, -0.2) is 0 Å². The summed E-state index contributed by atoms with van der Waals surface area (Å²) in [4.78, 5) is 0. The molecule has 1 aromatic carbocycles. The molecule has 0 fully saturated rings. The van der Waals surface area contributed by atoms with E-state index in [2.05, 4.69) is 36.7 Å². The standard InChI is InChI=1S/C14H21BrClN/c1-14(2,3)8-4-5-13(17)11-7-6-10(15)9-12(11)16/h6-7,9,13H,4-5,8,17H2,1-3H3. The molecule has 0 saturated carbocycles. The second-order valence-corrected chi connectivity index (χ2v) is 7.05. The average Bonchev–Trinajstić information content (AvgIpc) is 2.15. The quantitative estimate of drug-likeness (QED) is 0.799. The molecule has 0 aliphatic heterocycles. The minimum absolute atomic E-state index is 0.0398. The van der Waals surface area contributed by atoms with Crippen LogP contribution in [0.5, 0.6) is 0 Å². The molecule has 1 aromatic rings. The molecule has 17 heavy (non-hydrogen) atoms. The van der Waals surface area contributed by atoms with E-state index >= 15 is 0 Å². The van der Waals surface area contributed by atoms with Crippen LogP contribution in [0, 0.1) is 5.41 Å². The molecule has 96 valence electrons. The van der Waals surface area contributed by atoms with Gasteiger partial charge in [-0.25, -0.2) is 0 Å². The second-order valence-electron chi connectivity index (χ2n) is 5.73. The lowest BCUT2D eigenvalue weighted by Gasteiger charge is -2.20. The number of nitrogens with two attached hydrogens (primary N) is 1. The highest BCUT2D eigenvalue weighted by molar-refractivity contribution is 9.10. The highest BCUT2D eigenvalue weighted by Crippen LogP contribution is 2.29. The Bertz CT molecular complexity index is 371. The van der Waals surface area contributed by atoms with Gasteiger partial charge < -0.3 is 5.73 Å². The van der Waals surface area contributed by atoms with Gasteiger partial charge in [0.25, 0.3) is 0 Å². The molecule has 0 aliphatic rings. The van der Waals surface area contributed by atoms with Crippen LogP contribution in [0.3, 0.4) is 0 Å². The largest absolute Gasteiger partial charge is 0.324 e. The molecule has 1 rings (SSSR count). The smallest absolute Gasteiger partial charge is 0.0464 e. The first kappa shape index (κ1) is 15.0. The summed E-state index contributed by atoms with van der Waals surface area (Å²) >= 11 is 9.58. The maximum absolute atomic E-state index is 6.18. The second kappa shape index (κ2) is 6.21. The summed E-state index contributed by atoms with van der Waals surface area (Å²) in [6, 6.07) is 5.94. The molecule has 0 bridgehead atoms. The van der Waals surface area contributed by atoms with Crippen molar-refractivity contribution in [2.24, 2.45) is 11.1 Å². The number of benzene rings is 1. The Morgan fingerprint density at radius 2 is 2.00 bits per heavy atom. The molecule has 0 heterocycles. The SMILES string of the molecule is CC(C)(C)CCCC(N)c1ccc(Br)cc1Cl. The van der Waals surface area contributed by atoms with Crippen molar-refractivity contribution in [3.05, 3.63) is 33.3 Å². The van der Waals surface area contributed by atoms with E-state index in [-0.39, 0.29) is 6.04 Å². The highest BCUT2D eigenvalue weighted by atomic mass is 79.9. The Balaban J connectivity index is 2.55. The van der Waals surface area contributed by atoms with E-state index in [1.165, 1.54) is 6.42 Å². The number of halogens is 2. The van der Waals surface area contributed by atoms with Crippen molar-refractivity contribution in [1.82, 2.24) is 0 Å². The first-order chi connectivity index (χ1) is 7.79. The fourth-order valence-electron chi connectivity index (χ4n) is 1.81. The van der Waals surface area contributed by atoms with Crippen LogP contribution in [0.15, 0.2) is 22.7 Å². The van der Waals surface area contributed by atoms with Gasteiger partial charge >= 0.3 is 0 Å². The summed E-state index contributed by atoms with van der Waals surface area (Å²) in [6.45, 7) is 6.77. The van der Waals surface area contributed by atoms with E-state index in [4.69, 9.17) is 17.3 Å². The van der Waals surface area contributed by atoms with Gasteiger partial charge in [0.2, 0.25) is 0 Å². The molecule has 3 heteroatoms. The molecular formula is C14H21BrClN. The van der Waals surface area contributed by atoms with E-state index in [1.807, 2.05) is 18.2 Å². The van der Waals surface area contributed by atoms with Crippen molar-refractivity contribution in [2.45, 2.75) is 46.1 Å². The third-order valence-electron chi connectivity index (χ3n) is 2.80. The van der Waals surface area contributed by atoms with Crippen LogP contribution in [0.25, 0.3) is 0 Å². The zero-order chi connectivity index (χ0) is 13.1. The molecule has 0 aliphatic carbocycles. The Labute approximate surface area is 118 Å². The normalized spacial score (nSPS) is 13.8. The summed E-state index contributed by atoms with van der Waals surface area (Å²) in [5, 5.41) is 0.752. The maximum atomic E-state index is 6.18. The van der Waals surface area contributed by atoms with Crippen LogP contribution in [0.2, 0.25) is 5.02 Å². The van der Waals surface area contributed by atoms with Gasteiger partial charge in [-0.3, -0.25) is 0 Å². The fourth-order valence-corrected chi connectivity index (χ4v) is 2.62. The van der Waals surface area contributed by atoms with E-state index < -0.39 is 0 Å². The molecule has 0 saturated heterocycles. The van der Waals surface area contributed by atoms with Crippen LogP contribution >= 0.6 is 27.5 Å². The van der Waals surface area contributed by atoms with Crippen molar-refractivity contribution in [3.63, 3.8) is 0 Å². The lowest BCUT2D eigenvalue weighted by Crippen LogP contribution is -2.12. The molecule has 1 unspecified atom stereocenters. The summed E-state index contributed by atoms with van der Waals surface area (Å²) in [6.07, 6.45) is 3.31. The summed E-state index contributed by atoms with van der Waals surface area (Å²) in [7, 11) is 0. The predicted octanol–water partition coefficient (Wildman–Crippen LogP) is 5.32. The molecule has 0 radical (unpaired) electrons. The first-order valence-corrected chi connectivity index (χ1v) is 7.17. The number of hydrogen-bond acceptors (Lipinski definition) is 1. The van der Waals surface area contributed by atoms with Crippen molar-refractivity contribution < 1.29 is 0 Å². The Kier molecular flexibility index (Phi) is 5.49. The molecule has 0 amide bonds. The van der Waals surface area contributed by atoms with E-state index in [0.29, 0.717) is 5.41 Å². The van der Waals surface area contributed by atoms with Crippen LogP contribution in [-0.2, 0) is 0 Å². The van der Waals surface area contributed by atoms with Gasteiger partial charge in [0.1, 0.15) is 0 Å². The van der Waals surface area contributed by atoms with Crippen molar-refractivity contribution in [3.8, 4) is 0 Å². The van der Waals surface area contributed by atoms with Gasteiger partial charge in [-0.05, 0) is 36.0 Å². The molecular weight excluding hydrogens is 298 g/mol. The van der Waals surface area contributed by atoms with Crippen molar-refractivity contribution in [2.75, 3.05) is 0 Å². The molecule has 0 spiro atoms. The van der Waals surface area contributed by atoms with Gasteiger partial charge in [0.15, 0.2) is 0 Å². The number of rotatable bonds is 4. The average molecular weight is 319 g/mol. The fraction of sp³-hybridized carbons (Fsp3) is 0.571. The maximum Gasteiger partial charge on any atom is 0.0464 e. The Hall–Kier alpha value is -0.0500. The van der Waals surface area contributed by atoms with Crippen LogP contribution < -0.4 is 5.73 Å². The summed E-state index contributed by atoms with van der Waals surface area (Å²) < 4.78 is 0.994. The molecule has 1 atom stereocenters. The van der Waals surface area contributed by atoms with Gasteiger partial charge in [-0.2, -0.15) is 0 Å². The molecule has 1 nitrogen and oxygen atoms in total. The van der Waals surface area contributed by atoms with Crippen LogP contribution in [0.1, 0.15) is 51.6 Å². The third-order valence-corrected chi connectivity index (χ3v) is 3.62. The van der Waals surface area contributed by atoms with E-state index in [0.717, 1.165) is 27.9 Å². The first-order valence-electron chi connectivity index (χ1n) is 6.00. The van der Waals surface area contributed by atoms with Gasteiger partial charge in [0.05, 0.1) is 0 Å². The minimum atomic E-state index is 0.0398. The zero-order valence-electron chi connectivity index (χ0n) is 10.8. The van der Waals surface area contributed by atoms with E-state index in [1.54, 1.807) is 0 Å². The van der Waals surface area contributed by atoms with Gasteiger partial charge in [-0.15, -0.1) is 0 Å². The van der Waals surface area contributed by atoms with Crippen molar-refractivity contribution >= 4 is 27.5 Å². The highest BCUT2D eigenvalue weighted by Gasteiger charge is 2.13. The number of hydrogen-bond donors (Lipinski definition) is 1. The summed E-state index contributed by atoms with van der Waals surface area (Å²) in [5.41, 5.74) is 7.60. The Morgan fingerprint density at radius 1 is 1.35 bits per heavy atom. The minimum Gasteiger partial charge on any atom is -0.324 e. The third kappa shape index (κ3) is 5.41. The Morgan fingerprint density at radius 3 is 2.53 bits per heavy atom. The lowest BCUT2D eigenvalue weighted by atomic mass is 9.88.